The van der Waals surface area contributed by atoms with E-state index in [1.54, 1.807) is 0 Å². The van der Waals surface area contributed by atoms with Crippen molar-refractivity contribution in [2.45, 2.75) is 18.0 Å². The van der Waals surface area contributed by atoms with Crippen molar-refractivity contribution in [1.82, 2.24) is 0 Å². The molecular weight excluding hydrogens is 469 g/mol. The standard InChI is InChI=1S/C20H11F7O6/c1-31-10-4-2-9(3-5-10)12-8-32-14-7-11(6-13(28)15(14)16(12)29)33-17(30)18(21,22)19(23,24)20(25,26)27/h2-8,28H,1H3. The number of aromatic hydroxyl groups is 1. The maximum Gasteiger partial charge on any atom is 0.460 e. The Kier molecular flexibility index (Phi) is 5.77. The average molecular weight is 480 g/mol. The molecule has 0 saturated carbocycles. The van der Waals surface area contributed by atoms with Gasteiger partial charge in [0.15, 0.2) is 0 Å². The summed E-state index contributed by atoms with van der Waals surface area (Å²) >= 11 is 0. The number of ether oxygens (including phenoxy) is 2. The first-order valence-electron chi connectivity index (χ1n) is 8.68. The number of phenolic OH excluding ortho intramolecular Hbond substituents is 1. The predicted octanol–water partition coefficient (Wildman–Crippen LogP) is 4.91. The lowest BCUT2D eigenvalue weighted by atomic mass is 10.0. The molecule has 0 bridgehead atoms. The first kappa shape index (κ1) is 23.9. The number of esters is 1. The Morgan fingerprint density at radius 1 is 0.970 bits per heavy atom. The third kappa shape index (κ3) is 4.05. The second-order valence-corrected chi connectivity index (χ2v) is 6.56. The van der Waals surface area contributed by atoms with Gasteiger partial charge in [-0.1, -0.05) is 12.1 Å². The molecule has 6 nitrogen and oxygen atoms in total. The smallest absolute Gasteiger partial charge is 0.460 e. The molecule has 0 radical (unpaired) electrons. The third-order valence-corrected chi connectivity index (χ3v) is 4.45. The van der Waals surface area contributed by atoms with Crippen molar-refractivity contribution < 1.29 is 54.5 Å². The van der Waals surface area contributed by atoms with Gasteiger partial charge in [0.2, 0.25) is 5.43 Å². The van der Waals surface area contributed by atoms with Gasteiger partial charge in [0.25, 0.3) is 0 Å². The van der Waals surface area contributed by atoms with E-state index in [-0.39, 0.29) is 5.56 Å². The molecule has 0 spiro atoms. The van der Waals surface area contributed by atoms with Crippen LogP contribution >= 0.6 is 0 Å². The molecule has 0 aliphatic heterocycles. The van der Waals surface area contributed by atoms with Gasteiger partial charge in [0, 0.05) is 12.1 Å². The van der Waals surface area contributed by atoms with Crippen LogP contribution in [0, 0.1) is 0 Å². The Labute approximate surface area is 178 Å². The number of hydrogen-bond acceptors (Lipinski definition) is 6. The van der Waals surface area contributed by atoms with Crippen LogP contribution in [0.2, 0.25) is 0 Å². The second kappa shape index (κ2) is 7.98. The average Bonchev–Trinajstić information content (AvgIpc) is 2.72. The summed E-state index contributed by atoms with van der Waals surface area (Å²) in [4.78, 5) is 24.1. The van der Waals surface area contributed by atoms with E-state index < -0.39 is 51.9 Å². The van der Waals surface area contributed by atoms with E-state index in [4.69, 9.17) is 9.15 Å². The van der Waals surface area contributed by atoms with Gasteiger partial charge in [-0.05, 0) is 17.7 Å². The molecule has 2 aromatic carbocycles. The van der Waals surface area contributed by atoms with Crippen LogP contribution in [0.5, 0.6) is 17.2 Å². The summed E-state index contributed by atoms with van der Waals surface area (Å²) in [6, 6.07) is 7.04. The maximum absolute atomic E-state index is 13.5. The van der Waals surface area contributed by atoms with E-state index >= 15 is 0 Å². The van der Waals surface area contributed by atoms with Crippen molar-refractivity contribution in [3.63, 3.8) is 0 Å². The summed E-state index contributed by atoms with van der Waals surface area (Å²) in [6.07, 6.45) is -5.82. The van der Waals surface area contributed by atoms with Gasteiger partial charge < -0.3 is 19.0 Å². The topological polar surface area (TPSA) is 86.0 Å². The van der Waals surface area contributed by atoms with Crippen LogP contribution in [0.25, 0.3) is 22.1 Å². The minimum Gasteiger partial charge on any atom is -0.507 e. The molecule has 3 aromatic rings. The number of halogens is 7. The fourth-order valence-corrected chi connectivity index (χ4v) is 2.71. The largest absolute Gasteiger partial charge is 0.507 e. The molecule has 176 valence electrons. The summed E-state index contributed by atoms with van der Waals surface area (Å²) in [5.41, 5.74) is -1.02. The Morgan fingerprint density at radius 3 is 2.12 bits per heavy atom. The van der Waals surface area contributed by atoms with Crippen LogP contribution < -0.4 is 14.9 Å². The Morgan fingerprint density at radius 2 is 1.58 bits per heavy atom. The Hall–Kier alpha value is -3.77. The fraction of sp³-hybridized carbons (Fsp3) is 0.200. The first-order chi connectivity index (χ1) is 15.2. The molecule has 1 N–H and O–H groups in total. The molecule has 3 rings (SSSR count). The van der Waals surface area contributed by atoms with E-state index in [0.29, 0.717) is 23.4 Å². The summed E-state index contributed by atoms with van der Waals surface area (Å²) < 4.78 is 104. The summed E-state index contributed by atoms with van der Waals surface area (Å²) in [6.45, 7) is 0. The molecular formula is C20H11F7O6. The van der Waals surface area contributed by atoms with Gasteiger partial charge in [-0.3, -0.25) is 4.79 Å². The van der Waals surface area contributed by atoms with Crippen LogP contribution in [0.3, 0.4) is 0 Å². The number of carbonyl (C=O) groups is 1. The highest BCUT2D eigenvalue weighted by Crippen LogP contribution is 2.47. The number of alkyl halides is 7. The quantitative estimate of drug-likeness (QED) is 0.317. The van der Waals surface area contributed by atoms with Gasteiger partial charge in [0.05, 0.1) is 12.7 Å². The lowest BCUT2D eigenvalue weighted by Gasteiger charge is -2.26. The molecule has 33 heavy (non-hydrogen) atoms. The minimum absolute atomic E-state index is 0.0402. The van der Waals surface area contributed by atoms with Crippen molar-refractivity contribution in [2.24, 2.45) is 0 Å². The molecule has 0 unspecified atom stereocenters. The highest BCUT2D eigenvalue weighted by atomic mass is 19.4. The zero-order valence-corrected chi connectivity index (χ0v) is 16.2. The summed E-state index contributed by atoms with van der Waals surface area (Å²) in [5.74, 6) is -17.8. The monoisotopic (exact) mass is 480 g/mol. The van der Waals surface area contributed by atoms with E-state index in [1.807, 2.05) is 0 Å². The molecule has 0 amide bonds. The second-order valence-electron chi connectivity index (χ2n) is 6.56. The normalized spacial score (nSPS) is 12.6. The van der Waals surface area contributed by atoms with Gasteiger partial charge in [-0.2, -0.15) is 30.7 Å². The van der Waals surface area contributed by atoms with Gasteiger partial charge in [-0.15, -0.1) is 0 Å². The van der Waals surface area contributed by atoms with Crippen LogP contribution in [0.1, 0.15) is 0 Å². The lowest BCUT2D eigenvalue weighted by molar-refractivity contribution is -0.346. The van der Waals surface area contributed by atoms with Crippen molar-refractivity contribution in [2.75, 3.05) is 7.11 Å². The maximum atomic E-state index is 13.5. The molecule has 0 fully saturated rings. The molecule has 0 saturated heterocycles. The predicted molar refractivity (Wildman–Crippen MR) is 97.7 cm³/mol. The molecule has 0 atom stereocenters. The lowest BCUT2D eigenvalue weighted by Crippen LogP contribution is -2.57. The number of fused-ring (bicyclic) bond motifs is 1. The van der Waals surface area contributed by atoms with Gasteiger partial charge >= 0.3 is 24.0 Å². The molecule has 0 aliphatic rings. The van der Waals surface area contributed by atoms with Crippen LogP contribution in [-0.4, -0.2) is 36.2 Å². The first-order valence-corrected chi connectivity index (χ1v) is 8.68. The van der Waals surface area contributed by atoms with Crippen LogP contribution in [0.15, 0.2) is 51.9 Å². The van der Waals surface area contributed by atoms with Crippen molar-refractivity contribution in [3.05, 3.63) is 52.9 Å². The molecule has 1 heterocycles. The number of phenols is 1. The van der Waals surface area contributed by atoms with Gasteiger partial charge in [-0.25, -0.2) is 4.79 Å². The highest BCUT2D eigenvalue weighted by Gasteiger charge is 2.77. The molecule has 1 aromatic heterocycles. The van der Waals surface area contributed by atoms with E-state index in [2.05, 4.69) is 4.74 Å². The highest BCUT2D eigenvalue weighted by molar-refractivity contribution is 5.89. The van der Waals surface area contributed by atoms with E-state index in [0.717, 1.165) is 6.26 Å². The van der Waals surface area contributed by atoms with Crippen LogP contribution in [-0.2, 0) is 4.79 Å². The third-order valence-electron chi connectivity index (χ3n) is 4.45. The van der Waals surface area contributed by atoms with Crippen molar-refractivity contribution in [1.29, 1.82) is 0 Å². The number of carbonyl (C=O) groups excluding carboxylic acids is 1. The summed E-state index contributed by atoms with van der Waals surface area (Å²) in [7, 11) is 1.42. The number of benzene rings is 2. The van der Waals surface area contributed by atoms with E-state index in [9.17, 15) is 45.4 Å². The number of methoxy groups -OCH3 is 1. The van der Waals surface area contributed by atoms with Crippen molar-refractivity contribution >= 4 is 16.9 Å². The Bertz CT molecular complexity index is 1260. The number of hydrogen-bond donors (Lipinski definition) is 1. The fourth-order valence-electron chi connectivity index (χ4n) is 2.71. The zero-order valence-electron chi connectivity index (χ0n) is 16.2. The van der Waals surface area contributed by atoms with Gasteiger partial charge in [0.1, 0.15) is 34.5 Å². The summed E-state index contributed by atoms with van der Waals surface area (Å²) in [5, 5.41) is 9.61. The SMILES string of the molecule is COc1ccc(-c2coc3cc(OC(=O)C(F)(F)C(F)(F)C(F)(F)F)cc(O)c3c2=O)cc1. The number of rotatable bonds is 5. The van der Waals surface area contributed by atoms with Crippen molar-refractivity contribution in [3.8, 4) is 28.4 Å². The molecule has 0 aliphatic carbocycles. The van der Waals surface area contributed by atoms with Crippen LogP contribution in [0.4, 0.5) is 30.7 Å². The van der Waals surface area contributed by atoms with E-state index in [1.165, 1.54) is 31.4 Å². The Balaban J connectivity index is 1.99. The zero-order chi connectivity index (χ0) is 24.8. The minimum atomic E-state index is -6.74. The molecule has 13 heteroatoms.